The average Bonchev–Trinajstić information content (AvgIpc) is 2.33. The quantitative estimate of drug-likeness (QED) is 0.871. The third-order valence-corrected chi connectivity index (χ3v) is 3.52. The van der Waals surface area contributed by atoms with E-state index in [1.807, 2.05) is 12.1 Å². The summed E-state index contributed by atoms with van der Waals surface area (Å²) in [6.45, 7) is 0. The smallest absolute Gasteiger partial charge is 0.134 e. The van der Waals surface area contributed by atoms with Crippen LogP contribution in [0.3, 0.4) is 0 Å². The van der Waals surface area contributed by atoms with Gasteiger partial charge in [0.05, 0.1) is 6.10 Å². The Morgan fingerprint density at radius 1 is 1.33 bits per heavy atom. The highest BCUT2D eigenvalue weighted by molar-refractivity contribution is 5.92. The summed E-state index contributed by atoms with van der Waals surface area (Å²) in [7, 11) is 1.75. The number of fused-ring (bicyclic) bond motifs is 1. The van der Waals surface area contributed by atoms with Crippen molar-refractivity contribution in [2.75, 3.05) is 12.4 Å². The summed E-state index contributed by atoms with van der Waals surface area (Å²) < 4.78 is 5.26. The molecule has 1 fully saturated rings. The van der Waals surface area contributed by atoms with Crippen LogP contribution in [-0.4, -0.2) is 29.3 Å². The second-order valence-electron chi connectivity index (χ2n) is 4.74. The first-order chi connectivity index (χ1) is 8.76. The van der Waals surface area contributed by atoms with E-state index in [1.165, 1.54) is 0 Å². The van der Waals surface area contributed by atoms with Gasteiger partial charge in [0.15, 0.2) is 0 Å². The summed E-state index contributed by atoms with van der Waals surface area (Å²) in [5, 5.41) is 15.0. The lowest BCUT2D eigenvalue weighted by atomic mass is 9.89. The van der Waals surface area contributed by atoms with Gasteiger partial charge in [-0.05, 0) is 36.4 Å². The van der Waals surface area contributed by atoms with Gasteiger partial charge in [0.2, 0.25) is 0 Å². The fourth-order valence-corrected chi connectivity index (χ4v) is 2.34. The first kappa shape index (κ1) is 11.3. The van der Waals surface area contributed by atoms with Crippen molar-refractivity contribution in [1.29, 1.82) is 0 Å². The molecule has 2 N–H and O–H groups in total. The third-order valence-electron chi connectivity index (χ3n) is 3.52. The number of nitrogens with one attached hydrogen (secondary N) is 1. The molecule has 94 valence electrons. The minimum Gasteiger partial charge on any atom is -0.508 e. The molecule has 0 unspecified atom stereocenters. The van der Waals surface area contributed by atoms with Gasteiger partial charge in [0, 0.05) is 24.7 Å². The van der Waals surface area contributed by atoms with Crippen LogP contribution in [0.15, 0.2) is 30.5 Å². The molecule has 18 heavy (non-hydrogen) atoms. The van der Waals surface area contributed by atoms with E-state index in [2.05, 4.69) is 10.3 Å². The van der Waals surface area contributed by atoms with Crippen molar-refractivity contribution in [3.63, 3.8) is 0 Å². The Bertz CT molecular complexity index is 565. The molecule has 1 aliphatic rings. The van der Waals surface area contributed by atoms with Crippen LogP contribution in [0.4, 0.5) is 5.82 Å². The van der Waals surface area contributed by atoms with Crippen LogP contribution < -0.4 is 5.32 Å². The molecule has 4 nitrogen and oxygen atoms in total. The van der Waals surface area contributed by atoms with E-state index in [-0.39, 0.29) is 5.75 Å². The van der Waals surface area contributed by atoms with E-state index >= 15 is 0 Å². The Hall–Kier alpha value is -1.81. The summed E-state index contributed by atoms with van der Waals surface area (Å²) in [6, 6.07) is 7.69. The first-order valence-corrected chi connectivity index (χ1v) is 6.13. The van der Waals surface area contributed by atoms with E-state index < -0.39 is 0 Å². The lowest BCUT2D eigenvalue weighted by Gasteiger charge is -2.35. The summed E-state index contributed by atoms with van der Waals surface area (Å²) >= 11 is 0. The van der Waals surface area contributed by atoms with E-state index in [9.17, 15) is 5.11 Å². The van der Waals surface area contributed by atoms with Gasteiger partial charge < -0.3 is 15.2 Å². The minimum atomic E-state index is 0.266. The molecule has 0 radical (unpaired) electrons. The van der Waals surface area contributed by atoms with Crippen LogP contribution in [0.25, 0.3) is 10.8 Å². The Labute approximate surface area is 106 Å². The molecular weight excluding hydrogens is 228 g/mol. The molecule has 1 aliphatic carbocycles. The number of rotatable bonds is 3. The molecule has 4 heteroatoms. The lowest BCUT2D eigenvalue weighted by Crippen LogP contribution is -2.40. The Morgan fingerprint density at radius 2 is 2.17 bits per heavy atom. The van der Waals surface area contributed by atoms with Crippen molar-refractivity contribution in [3.05, 3.63) is 30.5 Å². The maximum atomic E-state index is 9.56. The molecule has 1 saturated carbocycles. The number of nitrogens with zero attached hydrogens (tertiary/aromatic N) is 1. The summed E-state index contributed by atoms with van der Waals surface area (Å²) in [5.41, 5.74) is 0. The molecule has 1 heterocycles. The van der Waals surface area contributed by atoms with Crippen molar-refractivity contribution >= 4 is 16.6 Å². The molecule has 0 saturated heterocycles. The van der Waals surface area contributed by atoms with Crippen molar-refractivity contribution < 1.29 is 9.84 Å². The predicted octanol–water partition coefficient (Wildman–Crippen LogP) is 2.53. The first-order valence-electron chi connectivity index (χ1n) is 6.13. The molecule has 0 spiro atoms. The topological polar surface area (TPSA) is 54.4 Å². The second kappa shape index (κ2) is 4.46. The second-order valence-corrected chi connectivity index (χ2v) is 4.74. The van der Waals surface area contributed by atoms with Gasteiger partial charge in [-0.1, -0.05) is 6.07 Å². The minimum absolute atomic E-state index is 0.266. The van der Waals surface area contributed by atoms with Crippen molar-refractivity contribution in [2.45, 2.75) is 25.0 Å². The molecule has 0 amide bonds. The molecule has 2 aromatic rings. The van der Waals surface area contributed by atoms with Crippen LogP contribution in [-0.2, 0) is 4.74 Å². The Balaban J connectivity index is 1.85. The van der Waals surface area contributed by atoms with Gasteiger partial charge in [-0.25, -0.2) is 4.98 Å². The van der Waals surface area contributed by atoms with Crippen molar-refractivity contribution in [1.82, 2.24) is 4.98 Å². The van der Waals surface area contributed by atoms with Crippen molar-refractivity contribution in [3.8, 4) is 5.75 Å². The molecule has 0 bridgehead atoms. The number of ether oxygens (including phenoxy) is 1. The number of methoxy groups -OCH3 is 1. The van der Waals surface area contributed by atoms with Crippen LogP contribution in [0.1, 0.15) is 12.8 Å². The fraction of sp³-hybridized carbons (Fsp3) is 0.357. The highest BCUT2D eigenvalue weighted by atomic mass is 16.5. The van der Waals surface area contributed by atoms with Gasteiger partial charge >= 0.3 is 0 Å². The number of anilines is 1. The molecule has 1 aromatic carbocycles. The molecular formula is C14H16N2O2. The molecule has 1 aromatic heterocycles. The van der Waals surface area contributed by atoms with Crippen molar-refractivity contribution in [2.24, 2.45) is 0 Å². The largest absolute Gasteiger partial charge is 0.508 e. The van der Waals surface area contributed by atoms with E-state index in [4.69, 9.17) is 4.74 Å². The predicted molar refractivity (Wildman–Crippen MR) is 70.8 cm³/mol. The standard InChI is InChI=1S/C14H16N2O2/c1-18-12-6-10(7-12)16-14-13-8-11(17)3-2-9(13)4-5-15-14/h2-5,8,10,12,17H,6-7H2,1H3,(H,15,16). The van der Waals surface area contributed by atoms with Crippen LogP contribution in [0.2, 0.25) is 0 Å². The van der Waals surface area contributed by atoms with E-state index in [0.29, 0.717) is 12.1 Å². The lowest BCUT2D eigenvalue weighted by molar-refractivity contribution is 0.0328. The summed E-state index contributed by atoms with van der Waals surface area (Å²) in [5.74, 6) is 1.10. The number of pyridine rings is 1. The zero-order valence-corrected chi connectivity index (χ0v) is 10.3. The van der Waals surface area contributed by atoms with Gasteiger partial charge in [-0.15, -0.1) is 0 Å². The van der Waals surface area contributed by atoms with Gasteiger partial charge in [0.1, 0.15) is 11.6 Å². The number of benzene rings is 1. The number of aromatic hydroxyl groups is 1. The summed E-state index contributed by atoms with van der Waals surface area (Å²) in [6.07, 6.45) is 4.17. The average molecular weight is 244 g/mol. The zero-order valence-electron chi connectivity index (χ0n) is 10.3. The number of hydrogen-bond donors (Lipinski definition) is 2. The number of phenolic OH excluding ortho intramolecular Hbond substituents is 1. The fourth-order valence-electron chi connectivity index (χ4n) is 2.34. The number of aromatic nitrogens is 1. The number of phenols is 1. The highest BCUT2D eigenvalue weighted by Gasteiger charge is 2.29. The highest BCUT2D eigenvalue weighted by Crippen LogP contribution is 2.30. The van der Waals surface area contributed by atoms with E-state index in [0.717, 1.165) is 29.4 Å². The zero-order chi connectivity index (χ0) is 12.5. The van der Waals surface area contributed by atoms with Gasteiger partial charge in [0.25, 0.3) is 0 Å². The molecule has 0 aliphatic heterocycles. The van der Waals surface area contributed by atoms with Crippen LogP contribution in [0.5, 0.6) is 5.75 Å². The Kier molecular flexibility index (Phi) is 2.80. The number of hydrogen-bond acceptors (Lipinski definition) is 4. The SMILES string of the molecule is COC1CC(Nc2nccc3ccc(O)cc23)C1. The van der Waals surface area contributed by atoms with Gasteiger partial charge in [-0.3, -0.25) is 0 Å². The normalized spacial score (nSPS) is 22.7. The van der Waals surface area contributed by atoms with Gasteiger partial charge in [-0.2, -0.15) is 0 Å². The maximum Gasteiger partial charge on any atom is 0.134 e. The molecule has 3 rings (SSSR count). The van der Waals surface area contributed by atoms with E-state index in [1.54, 1.807) is 25.4 Å². The van der Waals surface area contributed by atoms with Crippen LogP contribution >= 0.6 is 0 Å². The van der Waals surface area contributed by atoms with Crippen LogP contribution in [0, 0.1) is 0 Å². The molecule has 0 atom stereocenters. The monoisotopic (exact) mass is 244 g/mol. The summed E-state index contributed by atoms with van der Waals surface area (Å²) in [4.78, 5) is 4.36. The Morgan fingerprint density at radius 3 is 2.94 bits per heavy atom. The third kappa shape index (κ3) is 1.99. The maximum absolute atomic E-state index is 9.56.